The first-order valence-corrected chi connectivity index (χ1v) is 9.15. The van der Waals surface area contributed by atoms with Crippen LogP contribution in [0, 0.1) is 15.9 Å². The van der Waals surface area contributed by atoms with E-state index in [2.05, 4.69) is 0 Å². The maximum atomic E-state index is 14.2. The van der Waals surface area contributed by atoms with Gasteiger partial charge in [-0.05, 0) is 23.8 Å². The second-order valence-corrected chi connectivity index (χ2v) is 6.69. The lowest BCUT2D eigenvalue weighted by atomic mass is 9.95. The van der Waals surface area contributed by atoms with Crippen molar-refractivity contribution in [2.24, 2.45) is 0 Å². The highest BCUT2D eigenvalue weighted by Gasteiger charge is 2.46. The Morgan fingerprint density at radius 1 is 1.23 bits per heavy atom. The number of nitro groups is 1. The molecule has 31 heavy (non-hydrogen) atoms. The second-order valence-electron chi connectivity index (χ2n) is 6.69. The van der Waals surface area contributed by atoms with Gasteiger partial charge in [0.25, 0.3) is 17.4 Å². The molecule has 1 atom stereocenters. The number of aliphatic hydroxyl groups excluding tert-OH is 1. The van der Waals surface area contributed by atoms with Gasteiger partial charge in [-0.2, -0.15) is 0 Å². The number of hydrogen-bond acceptors (Lipinski definition) is 7. The fourth-order valence-electron chi connectivity index (χ4n) is 3.42. The molecule has 0 spiro atoms. The number of ketones is 1. The number of benzene rings is 2. The van der Waals surface area contributed by atoms with Crippen molar-refractivity contribution < 1.29 is 33.5 Å². The van der Waals surface area contributed by atoms with Crippen LogP contribution in [0.25, 0.3) is 5.76 Å². The van der Waals surface area contributed by atoms with Gasteiger partial charge in [0, 0.05) is 31.4 Å². The molecule has 0 radical (unpaired) electrons. The molecule has 0 aromatic heterocycles. The molecule has 2 aromatic carbocycles. The Hall–Kier alpha value is -3.79. The van der Waals surface area contributed by atoms with Gasteiger partial charge in [0.1, 0.15) is 5.76 Å². The number of methoxy groups -OCH3 is 2. The van der Waals surface area contributed by atoms with E-state index >= 15 is 0 Å². The van der Waals surface area contributed by atoms with Crippen LogP contribution >= 0.6 is 0 Å². The first-order valence-electron chi connectivity index (χ1n) is 9.15. The average Bonchev–Trinajstić information content (AvgIpc) is 3.01. The molecule has 9 nitrogen and oxygen atoms in total. The fraction of sp³-hybridized carbons (Fsp3) is 0.238. The molecule has 1 saturated heterocycles. The fourth-order valence-corrected chi connectivity index (χ4v) is 3.42. The quantitative estimate of drug-likeness (QED) is 0.236. The highest BCUT2D eigenvalue weighted by atomic mass is 19.1. The average molecular weight is 430 g/mol. The zero-order valence-corrected chi connectivity index (χ0v) is 16.7. The summed E-state index contributed by atoms with van der Waals surface area (Å²) in [5, 5.41) is 22.1. The van der Waals surface area contributed by atoms with Gasteiger partial charge in [-0.15, -0.1) is 0 Å². The molecule has 162 valence electrons. The number of likely N-dealkylation sites (tertiary alicyclic amines) is 1. The molecule has 0 unspecified atom stereocenters. The molecule has 0 saturated carbocycles. The number of hydrogen-bond donors (Lipinski definition) is 1. The van der Waals surface area contributed by atoms with Crippen LogP contribution in [-0.2, 0) is 14.3 Å². The Morgan fingerprint density at radius 2 is 1.97 bits per heavy atom. The lowest BCUT2D eigenvalue weighted by Gasteiger charge is -2.25. The summed E-state index contributed by atoms with van der Waals surface area (Å²) in [5.41, 5.74) is -0.338. The van der Waals surface area contributed by atoms with Crippen LogP contribution in [0.3, 0.4) is 0 Å². The van der Waals surface area contributed by atoms with Crippen molar-refractivity contribution in [3.63, 3.8) is 0 Å². The molecular formula is C21H19FN2O7. The molecule has 0 aliphatic carbocycles. The number of carbonyl (C=O) groups is 2. The van der Waals surface area contributed by atoms with E-state index in [4.69, 9.17) is 9.47 Å². The third kappa shape index (κ3) is 4.10. The number of amides is 1. The van der Waals surface area contributed by atoms with E-state index in [1.165, 1.54) is 50.6 Å². The van der Waals surface area contributed by atoms with Gasteiger partial charge < -0.3 is 19.5 Å². The maximum Gasteiger partial charge on any atom is 0.295 e. The Balaban J connectivity index is 2.20. The van der Waals surface area contributed by atoms with Crippen LogP contribution in [0.15, 0.2) is 48.0 Å². The van der Waals surface area contributed by atoms with Gasteiger partial charge in [-0.25, -0.2) is 4.39 Å². The van der Waals surface area contributed by atoms with Gasteiger partial charge in [0.15, 0.2) is 11.6 Å². The third-order valence-electron chi connectivity index (χ3n) is 4.90. The molecule has 10 heteroatoms. The van der Waals surface area contributed by atoms with Gasteiger partial charge in [0.2, 0.25) is 0 Å². The van der Waals surface area contributed by atoms with Crippen LogP contribution in [-0.4, -0.2) is 54.0 Å². The molecular weight excluding hydrogens is 411 g/mol. The summed E-state index contributed by atoms with van der Waals surface area (Å²) < 4.78 is 24.0. The smallest absolute Gasteiger partial charge is 0.295 e. The number of aliphatic hydroxyl groups is 1. The molecule has 1 heterocycles. The van der Waals surface area contributed by atoms with Crippen molar-refractivity contribution in [3.8, 4) is 5.75 Å². The summed E-state index contributed by atoms with van der Waals surface area (Å²) >= 11 is 0. The minimum atomic E-state index is -1.11. The maximum absolute atomic E-state index is 14.2. The third-order valence-corrected chi connectivity index (χ3v) is 4.90. The van der Waals surface area contributed by atoms with Crippen molar-refractivity contribution in [2.45, 2.75) is 6.04 Å². The number of ether oxygens (including phenoxy) is 2. The molecule has 0 bridgehead atoms. The highest BCUT2D eigenvalue weighted by Crippen LogP contribution is 2.40. The van der Waals surface area contributed by atoms with E-state index in [0.29, 0.717) is 0 Å². The van der Waals surface area contributed by atoms with E-state index in [-0.39, 0.29) is 41.3 Å². The molecule has 2 aromatic rings. The molecule has 1 amide bonds. The SMILES string of the molecule is COCCN1C(=O)C(=O)C(=C(O)c2ccc(OC)c(F)c2)[C@@H]1c1cccc([N+](=O)[O-])c1. The number of non-ortho nitro benzene ring substituents is 1. The molecule has 1 aliphatic rings. The van der Waals surface area contributed by atoms with Gasteiger partial charge in [-0.3, -0.25) is 19.7 Å². The largest absolute Gasteiger partial charge is 0.507 e. The number of nitro benzene ring substituents is 1. The summed E-state index contributed by atoms with van der Waals surface area (Å²) in [5.74, 6) is -3.32. The topological polar surface area (TPSA) is 119 Å². The predicted molar refractivity (Wildman–Crippen MR) is 107 cm³/mol. The second kappa shape index (κ2) is 8.92. The van der Waals surface area contributed by atoms with Crippen molar-refractivity contribution in [1.29, 1.82) is 0 Å². The van der Waals surface area contributed by atoms with Crippen molar-refractivity contribution in [2.75, 3.05) is 27.4 Å². The van der Waals surface area contributed by atoms with Crippen LogP contribution in [0.1, 0.15) is 17.2 Å². The van der Waals surface area contributed by atoms with Crippen molar-refractivity contribution >= 4 is 23.1 Å². The highest BCUT2D eigenvalue weighted by molar-refractivity contribution is 6.46. The van der Waals surface area contributed by atoms with Gasteiger partial charge in [-0.1, -0.05) is 12.1 Å². The number of carbonyl (C=O) groups excluding carboxylic acids is 2. The standard InChI is InChI=1S/C21H19FN2O7/c1-30-9-8-23-18(12-4-3-5-14(10-12)24(28)29)17(20(26)21(23)27)19(25)13-6-7-16(31-2)15(22)11-13/h3-7,10-11,18,25H,8-9H2,1-2H3/t18-/m0/s1. The summed E-state index contributed by atoms with van der Waals surface area (Å²) in [6.07, 6.45) is 0. The molecule has 3 rings (SSSR count). The lowest BCUT2D eigenvalue weighted by molar-refractivity contribution is -0.384. The van der Waals surface area contributed by atoms with E-state index in [1.807, 2.05) is 0 Å². The van der Waals surface area contributed by atoms with Crippen molar-refractivity contribution in [3.05, 3.63) is 75.1 Å². The van der Waals surface area contributed by atoms with E-state index < -0.39 is 34.2 Å². The van der Waals surface area contributed by atoms with E-state index in [0.717, 1.165) is 11.0 Å². The number of halogens is 1. The zero-order valence-electron chi connectivity index (χ0n) is 16.7. The first kappa shape index (κ1) is 21.9. The number of rotatable bonds is 7. The van der Waals surface area contributed by atoms with Crippen LogP contribution in [0.5, 0.6) is 5.75 Å². The minimum absolute atomic E-state index is 0.00217. The van der Waals surface area contributed by atoms with Crippen LogP contribution in [0.4, 0.5) is 10.1 Å². The summed E-state index contributed by atoms with van der Waals surface area (Å²) in [6, 6.07) is 7.88. The number of nitrogens with zero attached hydrogens (tertiary/aromatic N) is 2. The Labute approximate surface area is 176 Å². The molecule has 1 N–H and O–H groups in total. The zero-order chi connectivity index (χ0) is 22.7. The monoisotopic (exact) mass is 430 g/mol. The van der Waals surface area contributed by atoms with Gasteiger partial charge >= 0.3 is 0 Å². The Kier molecular flexibility index (Phi) is 6.30. The minimum Gasteiger partial charge on any atom is -0.507 e. The lowest BCUT2D eigenvalue weighted by Crippen LogP contribution is -2.32. The van der Waals surface area contributed by atoms with E-state index in [9.17, 15) is 29.2 Å². The van der Waals surface area contributed by atoms with Crippen molar-refractivity contribution in [1.82, 2.24) is 4.90 Å². The normalized spacial score (nSPS) is 17.8. The van der Waals surface area contributed by atoms with E-state index in [1.54, 1.807) is 0 Å². The van der Waals surface area contributed by atoms with Crippen LogP contribution in [0.2, 0.25) is 0 Å². The Bertz CT molecular complexity index is 1080. The number of Topliss-reactive ketones (excluding diaryl/α,β-unsaturated/α-hetero) is 1. The summed E-state index contributed by atoms with van der Waals surface area (Å²) in [4.78, 5) is 37.2. The molecule has 1 fully saturated rings. The summed E-state index contributed by atoms with van der Waals surface area (Å²) in [7, 11) is 2.70. The first-order chi connectivity index (χ1) is 14.8. The Morgan fingerprint density at radius 3 is 2.58 bits per heavy atom. The summed E-state index contributed by atoms with van der Waals surface area (Å²) in [6.45, 7) is 0.0951. The molecule has 1 aliphatic heterocycles. The van der Waals surface area contributed by atoms with Crippen LogP contribution < -0.4 is 4.74 Å². The van der Waals surface area contributed by atoms with Gasteiger partial charge in [0.05, 0.1) is 30.3 Å². The predicted octanol–water partition coefficient (Wildman–Crippen LogP) is 2.81.